The first-order valence-electron chi connectivity index (χ1n) is 5.41. The maximum Gasteiger partial charge on any atom is 0.0866 e. The van der Waals surface area contributed by atoms with Crippen LogP contribution in [-0.4, -0.2) is 23.5 Å². The van der Waals surface area contributed by atoms with Gasteiger partial charge in [0.15, 0.2) is 0 Å². The number of hydrogen-bond acceptors (Lipinski definition) is 4. The van der Waals surface area contributed by atoms with E-state index in [0.29, 0.717) is 6.61 Å². The Morgan fingerprint density at radius 2 is 2.12 bits per heavy atom. The molecular weight excluding hydrogens is 216 g/mol. The van der Waals surface area contributed by atoms with Crippen molar-refractivity contribution in [3.63, 3.8) is 0 Å². The van der Waals surface area contributed by atoms with Crippen molar-refractivity contribution in [2.75, 3.05) is 13.7 Å². The number of ether oxygens (including phenoxy) is 1. The number of benzene rings is 1. The number of nitrogens with two attached hydrogens (primary N) is 1. The molecule has 1 atom stereocenters. The summed E-state index contributed by atoms with van der Waals surface area (Å²) < 4.78 is 6.98. The Labute approximate surface area is 100 Å². The van der Waals surface area contributed by atoms with Gasteiger partial charge in [-0.15, -0.1) is 0 Å². The molecule has 0 amide bonds. The van der Waals surface area contributed by atoms with Gasteiger partial charge >= 0.3 is 0 Å². The highest BCUT2D eigenvalue weighted by atomic mass is 16.5. The molecule has 0 aliphatic heterocycles. The monoisotopic (exact) mass is 232 g/mol. The van der Waals surface area contributed by atoms with E-state index in [4.69, 9.17) is 10.6 Å². The molecule has 0 aliphatic rings. The van der Waals surface area contributed by atoms with Gasteiger partial charge in [0.05, 0.1) is 24.0 Å². The average Bonchev–Trinajstić information content (AvgIpc) is 2.86. The number of hydrazine groups is 1. The first kappa shape index (κ1) is 11.8. The third-order valence-corrected chi connectivity index (χ3v) is 2.56. The molecule has 5 heteroatoms. The average molecular weight is 232 g/mol. The minimum atomic E-state index is -0.0808. The first-order valence-corrected chi connectivity index (χ1v) is 5.41. The number of methoxy groups -OCH3 is 1. The van der Waals surface area contributed by atoms with E-state index in [1.54, 1.807) is 13.3 Å². The van der Waals surface area contributed by atoms with Crippen LogP contribution in [0.3, 0.4) is 0 Å². The minimum Gasteiger partial charge on any atom is -0.383 e. The number of nitrogens with one attached hydrogen (secondary N) is 1. The van der Waals surface area contributed by atoms with Gasteiger partial charge in [-0.25, -0.2) is 10.1 Å². The van der Waals surface area contributed by atoms with Crippen molar-refractivity contribution in [3.05, 3.63) is 48.3 Å². The molecule has 5 nitrogen and oxygen atoms in total. The second-order valence-electron chi connectivity index (χ2n) is 3.68. The highest BCUT2D eigenvalue weighted by Gasteiger charge is 2.15. The molecule has 0 fully saturated rings. The molecular formula is C12H16N4O. The number of hydrogen-bond donors (Lipinski definition) is 2. The summed E-state index contributed by atoms with van der Waals surface area (Å²) >= 11 is 0. The van der Waals surface area contributed by atoms with Crippen molar-refractivity contribution >= 4 is 0 Å². The van der Waals surface area contributed by atoms with E-state index in [-0.39, 0.29) is 6.04 Å². The van der Waals surface area contributed by atoms with Crippen LogP contribution in [0, 0.1) is 0 Å². The molecule has 1 aromatic carbocycles. The van der Waals surface area contributed by atoms with Crippen LogP contribution >= 0.6 is 0 Å². The molecule has 2 rings (SSSR count). The summed E-state index contributed by atoms with van der Waals surface area (Å²) in [5, 5.41) is 4.30. The summed E-state index contributed by atoms with van der Waals surface area (Å²) in [6, 6.07) is 11.8. The molecule has 2 aromatic rings. The van der Waals surface area contributed by atoms with Crippen molar-refractivity contribution in [3.8, 4) is 5.69 Å². The van der Waals surface area contributed by atoms with Gasteiger partial charge in [-0.1, -0.05) is 18.2 Å². The molecule has 3 N–H and O–H groups in total. The van der Waals surface area contributed by atoms with Crippen LogP contribution in [-0.2, 0) is 4.74 Å². The Kier molecular flexibility index (Phi) is 3.87. The molecule has 1 heterocycles. The van der Waals surface area contributed by atoms with Crippen molar-refractivity contribution < 1.29 is 4.74 Å². The highest BCUT2D eigenvalue weighted by Crippen LogP contribution is 2.16. The summed E-state index contributed by atoms with van der Waals surface area (Å²) in [6.07, 6.45) is 1.75. The highest BCUT2D eigenvalue weighted by molar-refractivity contribution is 5.33. The van der Waals surface area contributed by atoms with E-state index in [2.05, 4.69) is 10.5 Å². The molecule has 17 heavy (non-hydrogen) atoms. The normalized spacial score (nSPS) is 12.6. The van der Waals surface area contributed by atoms with Gasteiger partial charge < -0.3 is 4.74 Å². The zero-order valence-electron chi connectivity index (χ0n) is 9.71. The van der Waals surface area contributed by atoms with Crippen LogP contribution in [0.5, 0.6) is 0 Å². The van der Waals surface area contributed by atoms with Crippen molar-refractivity contribution in [2.45, 2.75) is 6.04 Å². The van der Waals surface area contributed by atoms with E-state index >= 15 is 0 Å². The van der Waals surface area contributed by atoms with Crippen molar-refractivity contribution in [1.82, 2.24) is 15.2 Å². The Hall–Kier alpha value is -1.69. The van der Waals surface area contributed by atoms with Gasteiger partial charge in [0.1, 0.15) is 0 Å². The van der Waals surface area contributed by atoms with Gasteiger partial charge in [-0.2, -0.15) is 5.10 Å². The lowest BCUT2D eigenvalue weighted by molar-refractivity contribution is 0.165. The first-order chi connectivity index (χ1) is 8.36. The smallest absolute Gasteiger partial charge is 0.0866 e. The molecule has 0 saturated carbocycles. The van der Waals surface area contributed by atoms with E-state index in [1.807, 2.05) is 41.1 Å². The molecule has 0 saturated heterocycles. The molecule has 1 unspecified atom stereocenters. The Morgan fingerprint density at radius 3 is 2.76 bits per heavy atom. The maximum atomic E-state index is 5.53. The zero-order valence-corrected chi connectivity index (χ0v) is 9.71. The fourth-order valence-corrected chi connectivity index (χ4v) is 1.75. The molecule has 0 bridgehead atoms. The standard InChI is InChI=1S/C12H16N4O/c1-17-9-11(15-13)12-7-8-14-16(12)10-5-3-2-4-6-10/h2-8,11,15H,9,13H2,1H3. The van der Waals surface area contributed by atoms with Crippen molar-refractivity contribution in [1.29, 1.82) is 0 Å². The number of nitrogens with zero attached hydrogens (tertiary/aromatic N) is 2. The Balaban J connectivity index is 2.34. The lowest BCUT2D eigenvalue weighted by Gasteiger charge is -2.16. The number of para-hydroxylation sites is 1. The second-order valence-corrected chi connectivity index (χ2v) is 3.68. The predicted molar refractivity (Wildman–Crippen MR) is 65.5 cm³/mol. The van der Waals surface area contributed by atoms with Crippen LogP contribution < -0.4 is 11.3 Å². The summed E-state index contributed by atoms with van der Waals surface area (Å²) in [7, 11) is 1.65. The summed E-state index contributed by atoms with van der Waals surface area (Å²) in [5.41, 5.74) is 4.71. The largest absolute Gasteiger partial charge is 0.383 e. The number of aromatic nitrogens is 2. The van der Waals surface area contributed by atoms with Crippen LogP contribution in [0.4, 0.5) is 0 Å². The fraction of sp³-hybridized carbons (Fsp3) is 0.250. The lowest BCUT2D eigenvalue weighted by atomic mass is 10.2. The SMILES string of the molecule is COCC(NN)c1ccnn1-c1ccccc1. The minimum absolute atomic E-state index is 0.0808. The lowest BCUT2D eigenvalue weighted by Crippen LogP contribution is -2.32. The quantitative estimate of drug-likeness (QED) is 0.597. The van der Waals surface area contributed by atoms with E-state index in [0.717, 1.165) is 11.4 Å². The Bertz CT molecular complexity index is 455. The molecule has 0 spiro atoms. The molecule has 1 aromatic heterocycles. The van der Waals surface area contributed by atoms with E-state index in [9.17, 15) is 0 Å². The van der Waals surface area contributed by atoms with E-state index < -0.39 is 0 Å². The van der Waals surface area contributed by atoms with Crippen molar-refractivity contribution in [2.24, 2.45) is 5.84 Å². The molecule has 0 radical (unpaired) electrons. The summed E-state index contributed by atoms with van der Waals surface area (Å²) in [5.74, 6) is 5.53. The van der Waals surface area contributed by atoms with E-state index in [1.165, 1.54) is 0 Å². The summed E-state index contributed by atoms with van der Waals surface area (Å²) in [6.45, 7) is 0.495. The topological polar surface area (TPSA) is 65.1 Å². The van der Waals surface area contributed by atoms with Gasteiger partial charge in [0, 0.05) is 13.3 Å². The second kappa shape index (κ2) is 5.58. The fourth-order valence-electron chi connectivity index (χ4n) is 1.75. The third-order valence-electron chi connectivity index (χ3n) is 2.56. The zero-order chi connectivity index (χ0) is 12.1. The molecule has 90 valence electrons. The predicted octanol–water partition coefficient (Wildman–Crippen LogP) is 1.02. The van der Waals surface area contributed by atoms with Crippen LogP contribution in [0.15, 0.2) is 42.6 Å². The van der Waals surface area contributed by atoms with Crippen LogP contribution in [0.1, 0.15) is 11.7 Å². The Morgan fingerprint density at radius 1 is 1.35 bits per heavy atom. The third kappa shape index (κ3) is 2.52. The van der Waals surface area contributed by atoms with Crippen LogP contribution in [0.25, 0.3) is 5.69 Å². The van der Waals surface area contributed by atoms with Gasteiger partial charge in [0.25, 0.3) is 0 Å². The van der Waals surface area contributed by atoms with Gasteiger partial charge in [0.2, 0.25) is 0 Å². The molecule has 0 aliphatic carbocycles. The van der Waals surface area contributed by atoms with Gasteiger partial charge in [-0.05, 0) is 18.2 Å². The summed E-state index contributed by atoms with van der Waals surface area (Å²) in [4.78, 5) is 0. The van der Waals surface area contributed by atoms with Crippen LogP contribution in [0.2, 0.25) is 0 Å². The van der Waals surface area contributed by atoms with Gasteiger partial charge in [-0.3, -0.25) is 5.84 Å². The maximum absolute atomic E-state index is 5.53. The number of rotatable bonds is 5.